The summed E-state index contributed by atoms with van der Waals surface area (Å²) in [6.45, 7) is 6.46. The van der Waals surface area contributed by atoms with Gasteiger partial charge in [-0.05, 0) is 5.92 Å². The molecule has 1 atom stereocenters. The van der Waals surface area contributed by atoms with Crippen LogP contribution in [0.3, 0.4) is 0 Å². The van der Waals surface area contributed by atoms with E-state index in [0.717, 1.165) is 0 Å². The summed E-state index contributed by atoms with van der Waals surface area (Å²) in [4.78, 5) is 38.5. The zero-order chi connectivity index (χ0) is 16.0. The lowest BCUT2D eigenvalue weighted by Crippen LogP contribution is -2.50. The van der Waals surface area contributed by atoms with Crippen LogP contribution in [0.25, 0.3) is 0 Å². The molecule has 0 aromatic heterocycles. The predicted molar refractivity (Wildman–Crippen MR) is 81.9 cm³/mol. The molecule has 1 unspecified atom stereocenters. The molecule has 1 heterocycles. The number of rotatable bonds is 7. The minimum absolute atomic E-state index is 0.0268. The van der Waals surface area contributed by atoms with Gasteiger partial charge in [0.1, 0.15) is 6.04 Å². The summed E-state index contributed by atoms with van der Waals surface area (Å²) >= 11 is 1.56. The number of amides is 2. The zero-order valence-corrected chi connectivity index (χ0v) is 13.7. The quantitative estimate of drug-likeness (QED) is 0.765. The molecule has 1 saturated heterocycles. The Morgan fingerprint density at radius 3 is 2.57 bits per heavy atom. The summed E-state index contributed by atoms with van der Waals surface area (Å²) in [6, 6.07) is -0.449. The average Bonchev–Trinajstić information content (AvgIpc) is 2.90. The molecule has 120 valence electrons. The predicted octanol–water partition coefficient (Wildman–Crippen LogP) is 1.26. The lowest BCUT2D eigenvalue weighted by atomic mass is 10.1. The first-order valence-electron chi connectivity index (χ1n) is 7.24. The Labute approximate surface area is 129 Å². The zero-order valence-electron chi connectivity index (χ0n) is 12.9. The first-order chi connectivity index (χ1) is 9.86. The topological polar surface area (TPSA) is 77.9 Å². The number of thioether (sulfide) groups is 1. The largest absolute Gasteiger partial charge is 0.481 e. The van der Waals surface area contributed by atoms with Gasteiger partial charge in [0.05, 0.1) is 12.3 Å². The minimum Gasteiger partial charge on any atom is -0.481 e. The number of hydrogen-bond donors (Lipinski definition) is 1. The maximum atomic E-state index is 12.7. The van der Waals surface area contributed by atoms with E-state index >= 15 is 0 Å². The Hall–Kier alpha value is -1.24. The average molecular weight is 316 g/mol. The van der Waals surface area contributed by atoms with E-state index in [4.69, 9.17) is 5.11 Å². The van der Waals surface area contributed by atoms with Crippen molar-refractivity contribution in [1.82, 2.24) is 9.80 Å². The number of hydrogen-bond acceptors (Lipinski definition) is 4. The molecule has 1 aliphatic rings. The molecule has 1 aliphatic heterocycles. The highest BCUT2D eigenvalue weighted by Crippen LogP contribution is 2.23. The number of carbonyl (C=O) groups excluding carboxylic acids is 2. The van der Waals surface area contributed by atoms with Crippen LogP contribution in [-0.2, 0) is 14.4 Å². The van der Waals surface area contributed by atoms with Crippen molar-refractivity contribution >= 4 is 29.5 Å². The van der Waals surface area contributed by atoms with E-state index in [2.05, 4.69) is 0 Å². The summed E-state index contributed by atoms with van der Waals surface area (Å²) in [6.07, 6.45) is 0.309. The minimum atomic E-state index is -0.918. The molecule has 2 amide bonds. The normalized spacial score (nSPS) is 18.1. The van der Waals surface area contributed by atoms with Gasteiger partial charge < -0.3 is 14.9 Å². The second-order valence-electron chi connectivity index (χ2n) is 5.55. The Balaban J connectivity index is 2.77. The van der Waals surface area contributed by atoms with Gasteiger partial charge in [0, 0.05) is 25.3 Å². The third-order valence-corrected chi connectivity index (χ3v) is 4.30. The van der Waals surface area contributed by atoms with Crippen LogP contribution in [0.15, 0.2) is 0 Å². The van der Waals surface area contributed by atoms with Crippen molar-refractivity contribution in [2.45, 2.75) is 39.7 Å². The van der Waals surface area contributed by atoms with E-state index in [1.807, 2.05) is 13.8 Å². The van der Waals surface area contributed by atoms with Gasteiger partial charge in [0.25, 0.3) is 0 Å². The van der Waals surface area contributed by atoms with E-state index in [0.29, 0.717) is 24.6 Å². The fourth-order valence-corrected chi connectivity index (χ4v) is 3.44. The van der Waals surface area contributed by atoms with E-state index in [1.54, 1.807) is 28.5 Å². The molecule has 1 rings (SSSR count). The Morgan fingerprint density at radius 2 is 2.05 bits per heavy atom. The van der Waals surface area contributed by atoms with Crippen LogP contribution in [0, 0.1) is 5.92 Å². The van der Waals surface area contributed by atoms with Gasteiger partial charge in [-0.1, -0.05) is 20.8 Å². The van der Waals surface area contributed by atoms with Crippen LogP contribution in [0.2, 0.25) is 0 Å². The molecule has 21 heavy (non-hydrogen) atoms. The second kappa shape index (κ2) is 8.26. The van der Waals surface area contributed by atoms with Crippen LogP contribution in [0.1, 0.15) is 33.6 Å². The molecule has 0 radical (unpaired) electrons. The number of aliphatic carboxylic acids is 1. The van der Waals surface area contributed by atoms with Gasteiger partial charge >= 0.3 is 5.97 Å². The summed E-state index contributed by atoms with van der Waals surface area (Å²) in [5.41, 5.74) is 0. The lowest BCUT2D eigenvalue weighted by Gasteiger charge is -2.30. The van der Waals surface area contributed by atoms with E-state index in [-0.39, 0.29) is 30.7 Å². The van der Waals surface area contributed by atoms with Crippen molar-refractivity contribution in [1.29, 1.82) is 0 Å². The second-order valence-corrected chi connectivity index (χ2v) is 6.55. The molecule has 0 spiro atoms. The highest BCUT2D eigenvalue weighted by Gasteiger charge is 2.36. The van der Waals surface area contributed by atoms with Gasteiger partial charge in [-0.15, -0.1) is 11.8 Å². The molecule has 0 saturated carbocycles. The fraction of sp³-hybridized carbons (Fsp3) is 0.786. The van der Waals surface area contributed by atoms with Crippen LogP contribution < -0.4 is 0 Å². The van der Waals surface area contributed by atoms with Crippen LogP contribution in [0.4, 0.5) is 0 Å². The first kappa shape index (κ1) is 17.8. The Morgan fingerprint density at radius 1 is 1.38 bits per heavy atom. The van der Waals surface area contributed by atoms with Crippen molar-refractivity contribution in [3.8, 4) is 0 Å². The van der Waals surface area contributed by atoms with Crippen LogP contribution in [0.5, 0.6) is 0 Å². The van der Waals surface area contributed by atoms with Crippen molar-refractivity contribution in [2.75, 3.05) is 24.7 Å². The number of carboxylic acids is 1. The Bertz CT molecular complexity index is 400. The monoisotopic (exact) mass is 316 g/mol. The molecule has 0 aromatic carbocycles. The molecule has 7 heteroatoms. The molecular weight excluding hydrogens is 292 g/mol. The summed E-state index contributed by atoms with van der Waals surface area (Å²) < 4.78 is 0. The third-order valence-electron chi connectivity index (χ3n) is 3.28. The van der Waals surface area contributed by atoms with Gasteiger partial charge in [-0.25, -0.2) is 0 Å². The SMILES string of the molecule is CCC(=O)N1CSCC1C(=O)N(CCC(=O)O)CC(C)C. The summed E-state index contributed by atoms with van der Waals surface area (Å²) in [5.74, 6) is 0.313. The summed E-state index contributed by atoms with van der Waals surface area (Å²) in [5, 5.41) is 8.82. The van der Waals surface area contributed by atoms with Crippen LogP contribution in [-0.4, -0.2) is 63.5 Å². The van der Waals surface area contributed by atoms with E-state index in [1.165, 1.54) is 0 Å². The third kappa shape index (κ3) is 5.22. The molecule has 1 N–H and O–H groups in total. The van der Waals surface area contributed by atoms with Gasteiger partial charge in [-0.3, -0.25) is 14.4 Å². The fourth-order valence-electron chi connectivity index (χ4n) is 2.27. The number of carboxylic acid groups (broad SMARTS) is 1. The molecule has 1 fully saturated rings. The van der Waals surface area contributed by atoms with Gasteiger partial charge in [-0.2, -0.15) is 0 Å². The van der Waals surface area contributed by atoms with Gasteiger partial charge in [0.15, 0.2) is 0 Å². The van der Waals surface area contributed by atoms with Gasteiger partial charge in [0.2, 0.25) is 11.8 Å². The summed E-state index contributed by atoms with van der Waals surface area (Å²) in [7, 11) is 0. The van der Waals surface area contributed by atoms with E-state index < -0.39 is 12.0 Å². The number of carbonyl (C=O) groups is 3. The molecular formula is C14H24N2O4S. The molecule has 0 aliphatic carbocycles. The van der Waals surface area contributed by atoms with E-state index in [9.17, 15) is 14.4 Å². The lowest BCUT2D eigenvalue weighted by molar-refractivity contribution is -0.145. The molecule has 6 nitrogen and oxygen atoms in total. The van der Waals surface area contributed by atoms with Crippen molar-refractivity contribution in [3.05, 3.63) is 0 Å². The van der Waals surface area contributed by atoms with Crippen LogP contribution >= 0.6 is 11.8 Å². The van der Waals surface area contributed by atoms with Crippen molar-refractivity contribution in [2.24, 2.45) is 5.92 Å². The highest BCUT2D eigenvalue weighted by molar-refractivity contribution is 7.99. The van der Waals surface area contributed by atoms with Crippen molar-refractivity contribution < 1.29 is 19.5 Å². The standard InChI is InChI=1S/C14H24N2O4S/c1-4-12(17)16-9-21-8-11(16)14(20)15(7-10(2)3)6-5-13(18)19/h10-11H,4-9H2,1-3H3,(H,18,19). The maximum Gasteiger partial charge on any atom is 0.305 e. The maximum absolute atomic E-state index is 12.7. The molecule has 0 aromatic rings. The molecule has 0 bridgehead atoms. The Kier molecular flexibility index (Phi) is 7.01. The number of nitrogens with zero attached hydrogens (tertiary/aromatic N) is 2. The van der Waals surface area contributed by atoms with Crippen molar-refractivity contribution in [3.63, 3.8) is 0 Å². The highest BCUT2D eigenvalue weighted by atomic mass is 32.2. The first-order valence-corrected chi connectivity index (χ1v) is 8.40. The smallest absolute Gasteiger partial charge is 0.305 e.